The molecule has 4 nitrogen and oxygen atoms in total. The van der Waals surface area contributed by atoms with Crippen molar-refractivity contribution in [3.63, 3.8) is 0 Å². The molecule has 2 aromatic heterocycles. The van der Waals surface area contributed by atoms with Gasteiger partial charge in [0.15, 0.2) is 5.65 Å². The summed E-state index contributed by atoms with van der Waals surface area (Å²) >= 11 is 9.63. The van der Waals surface area contributed by atoms with Crippen molar-refractivity contribution in [2.45, 2.75) is 27.7 Å². The topological polar surface area (TPSA) is 39.4 Å². The van der Waals surface area contributed by atoms with E-state index in [-0.39, 0.29) is 0 Å². The normalized spacial score (nSPS) is 9.52. The molecule has 0 bridgehead atoms. The second-order valence-corrected chi connectivity index (χ2v) is 5.13. The lowest BCUT2D eigenvalue weighted by Gasteiger charge is -2.08. The fourth-order valence-electron chi connectivity index (χ4n) is 1.89. The standard InChI is InChI=1S/C13H9BrClN3O.2C2H6/c1-19-11-5-3-2-4-8(11)10-6-12(15)18-13(17-10)9(14)7-16-18;2*1-2/h2-7H,1H3;2*1-2H3. The Morgan fingerprint density at radius 3 is 2.43 bits per heavy atom. The van der Waals surface area contributed by atoms with Crippen molar-refractivity contribution >= 4 is 33.2 Å². The Balaban J connectivity index is 0.000000615. The highest BCUT2D eigenvalue weighted by molar-refractivity contribution is 9.10. The number of ether oxygens (including phenoxy) is 1. The Kier molecular flexibility index (Phi) is 8.06. The van der Waals surface area contributed by atoms with E-state index in [1.165, 1.54) is 0 Å². The van der Waals surface area contributed by atoms with E-state index in [0.29, 0.717) is 10.8 Å². The molecule has 0 fully saturated rings. The number of benzene rings is 1. The molecule has 0 aliphatic heterocycles. The molecule has 2 heterocycles. The summed E-state index contributed by atoms with van der Waals surface area (Å²) in [4.78, 5) is 4.56. The maximum Gasteiger partial charge on any atom is 0.171 e. The smallest absolute Gasteiger partial charge is 0.171 e. The molecule has 1 aromatic carbocycles. The van der Waals surface area contributed by atoms with Gasteiger partial charge in [-0.3, -0.25) is 0 Å². The Labute approximate surface area is 150 Å². The SMILES string of the molecule is CC.CC.COc1ccccc1-c1cc(Cl)n2ncc(Br)c2n1. The van der Waals surface area contributed by atoms with E-state index < -0.39 is 0 Å². The van der Waals surface area contributed by atoms with Gasteiger partial charge in [0, 0.05) is 11.6 Å². The van der Waals surface area contributed by atoms with Gasteiger partial charge < -0.3 is 4.74 Å². The van der Waals surface area contributed by atoms with Gasteiger partial charge in [-0.2, -0.15) is 5.10 Å². The third-order valence-electron chi connectivity index (χ3n) is 2.77. The molecule has 0 radical (unpaired) electrons. The molecule has 0 saturated heterocycles. The van der Waals surface area contributed by atoms with Gasteiger partial charge in [-0.1, -0.05) is 51.4 Å². The van der Waals surface area contributed by atoms with Crippen molar-refractivity contribution in [2.24, 2.45) is 0 Å². The Hall–Kier alpha value is -1.59. The van der Waals surface area contributed by atoms with Gasteiger partial charge in [0.05, 0.1) is 23.5 Å². The average molecular weight is 399 g/mol. The van der Waals surface area contributed by atoms with Gasteiger partial charge in [0.25, 0.3) is 0 Å². The van der Waals surface area contributed by atoms with Crippen LogP contribution in [0.3, 0.4) is 0 Å². The number of hydrogen-bond donors (Lipinski definition) is 0. The molecule has 3 aromatic rings. The minimum atomic E-state index is 0.497. The van der Waals surface area contributed by atoms with Gasteiger partial charge in [0.2, 0.25) is 0 Å². The van der Waals surface area contributed by atoms with Gasteiger partial charge in [0.1, 0.15) is 10.9 Å². The molecular formula is C17H21BrClN3O. The zero-order valence-electron chi connectivity index (χ0n) is 14.0. The number of hydrogen-bond acceptors (Lipinski definition) is 3. The van der Waals surface area contributed by atoms with Crippen LogP contribution in [0.25, 0.3) is 16.9 Å². The highest BCUT2D eigenvalue weighted by Crippen LogP contribution is 2.31. The van der Waals surface area contributed by atoms with E-state index in [1.54, 1.807) is 23.9 Å². The number of para-hydroxylation sites is 1. The predicted octanol–water partition coefficient (Wildman–Crippen LogP) is 5.87. The summed E-state index contributed by atoms with van der Waals surface area (Å²) in [5.74, 6) is 0.756. The van der Waals surface area contributed by atoms with Crippen LogP contribution in [-0.4, -0.2) is 21.7 Å². The van der Waals surface area contributed by atoms with E-state index in [0.717, 1.165) is 21.5 Å². The monoisotopic (exact) mass is 397 g/mol. The largest absolute Gasteiger partial charge is 0.496 e. The number of rotatable bonds is 2. The van der Waals surface area contributed by atoms with Crippen LogP contribution in [0.4, 0.5) is 0 Å². The van der Waals surface area contributed by atoms with Crippen molar-refractivity contribution in [2.75, 3.05) is 7.11 Å². The lowest BCUT2D eigenvalue weighted by molar-refractivity contribution is 0.416. The molecule has 0 amide bonds. The molecular weight excluding hydrogens is 378 g/mol. The fraction of sp³-hybridized carbons (Fsp3) is 0.294. The zero-order valence-corrected chi connectivity index (χ0v) is 16.3. The quantitative estimate of drug-likeness (QED) is 0.506. The molecule has 3 rings (SSSR count). The number of methoxy groups -OCH3 is 1. The van der Waals surface area contributed by atoms with Crippen LogP contribution in [0.1, 0.15) is 27.7 Å². The van der Waals surface area contributed by atoms with Crippen molar-refractivity contribution in [3.05, 3.63) is 46.2 Å². The molecule has 0 saturated carbocycles. The summed E-state index contributed by atoms with van der Waals surface area (Å²) in [5, 5.41) is 4.64. The van der Waals surface area contributed by atoms with E-state index >= 15 is 0 Å². The second-order valence-electron chi connectivity index (χ2n) is 3.89. The lowest BCUT2D eigenvalue weighted by Crippen LogP contribution is -1.96. The summed E-state index contributed by atoms with van der Waals surface area (Å²) in [6.45, 7) is 8.00. The van der Waals surface area contributed by atoms with Crippen molar-refractivity contribution < 1.29 is 4.74 Å². The van der Waals surface area contributed by atoms with E-state index in [4.69, 9.17) is 16.3 Å². The first kappa shape index (κ1) is 19.5. The highest BCUT2D eigenvalue weighted by Gasteiger charge is 2.12. The first-order chi connectivity index (χ1) is 11.2. The summed E-state index contributed by atoms with van der Waals surface area (Å²) in [6.07, 6.45) is 1.67. The number of fused-ring (bicyclic) bond motifs is 1. The summed E-state index contributed by atoms with van der Waals surface area (Å²) in [6, 6.07) is 9.45. The van der Waals surface area contributed by atoms with Gasteiger partial charge in [-0.15, -0.1) is 0 Å². The first-order valence-corrected chi connectivity index (χ1v) is 8.71. The summed E-state index contributed by atoms with van der Waals surface area (Å²) in [7, 11) is 1.63. The molecule has 0 spiro atoms. The molecule has 0 aliphatic carbocycles. The third kappa shape index (κ3) is 4.24. The Morgan fingerprint density at radius 2 is 1.78 bits per heavy atom. The van der Waals surface area contributed by atoms with Crippen LogP contribution in [-0.2, 0) is 0 Å². The van der Waals surface area contributed by atoms with E-state index in [2.05, 4.69) is 26.0 Å². The van der Waals surface area contributed by atoms with E-state index in [1.807, 2.05) is 52.0 Å². The number of halogens is 2. The summed E-state index contributed by atoms with van der Waals surface area (Å²) in [5.41, 5.74) is 2.31. The van der Waals surface area contributed by atoms with Crippen LogP contribution >= 0.6 is 27.5 Å². The first-order valence-electron chi connectivity index (χ1n) is 7.54. The fourth-order valence-corrected chi connectivity index (χ4v) is 2.47. The molecule has 23 heavy (non-hydrogen) atoms. The van der Waals surface area contributed by atoms with Crippen molar-refractivity contribution in [1.29, 1.82) is 0 Å². The molecule has 124 valence electrons. The molecule has 0 N–H and O–H groups in total. The number of nitrogens with zero attached hydrogens (tertiary/aromatic N) is 3. The lowest BCUT2D eigenvalue weighted by atomic mass is 10.1. The van der Waals surface area contributed by atoms with Gasteiger partial charge in [-0.25, -0.2) is 9.50 Å². The highest BCUT2D eigenvalue weighted by atomic mass is 79.9. The molecule has 0 unspecified atom stereocenters. The maximum absolute atomic E-state index is 6.22. The van der Waals surface area contributed by atoms with Crippen molar-refractivity contribution in [3.8, 4) is 17.0 Å². The Bertz CT molecular complexity index is 759. The van der Waals surface area contributed by atoms with Crippen LogP contribution in [0.15, 0.2) is 41.0 Å². The molecule has 6 heteroatoms. The maximum atomic E-state index is 6.22. The minimum absolute atomic E-state index is 0.497. The van der Waals surface area contributed by atoms with Crippen molar-refractivity contribution in [1.82, 2.24) is 14.6 Å². The second kappa shape index (κ2) is 9.53. The number of aromatic nitrogens is 3. The van der Waals surface area contributed by atoms with Crippen LogP contribution in [0, 0.1) is 0 Å². The van der Waals surface area contributed by atoms with Crippen LogP contribution in [0.5, 0.6) is 5.75 Å². The zero-order chi connectivity index (χ0) is 17.4. The van der Waals surface area contributed by atoms with Crippen LogP contribution < -0.4 is 4.74 Å². The predicted molar refractivity (Wildman–Crippen MR) is 100 cm³/mol. The minimum Gasteiger partial charge on any atom is -0.496 e. The molecule has 0 atom stereocenters. The average Bonchev–Trinajstić information content (AvgIpc) is 3.00. The third-order valence-corrected chi connectivity index (χ3v) is 3.60. The van der Waals surface area contributed by atoms with E-state index in [9.17, 15) is 0 Å². The van der Waals surface area contributed by atoms with Crippen LogP contribution in [0.2, 0.25) is 5.15 Å². The van der Waals surface area contributed by atoms with Gasteiger partial charge in [-0.05, 0) is 28.1 Å². The molecule has 0 aliphatic rings. The summed E-state index contributed by atoms with van der Waals surface area (Å²) < 4.78 is 7.72. The Morgan fingerprint density at radius 1 is 1.13 bits per heavy atom. The van der Waals surface area contributed by atoms with Gasteiger partial charge >= 0.3 is 0 Å².